The van der Waals surface area contributed by atoms with E-state index in [9.17, 15) is 23.1 Å². The lowest BCUT2D eigenvalue weighted by molar-refractivity contribution is -0.137. The maximum absolute atomic E-state index is 12.8. The summed E-state index contributed by atoms with van der Waals surface area (Å²) < 4.78 is 51.9. The maximum Gasteiger partial charge on any atom is 0.416 e. The smallest absolute Gasteiger partial charge is 0.416 e. The van der Waals surface area contributed by atoms with Crippen LogP contribution in [0.1, 0.15) is 45.8 Å². The lowest BCUT2D eigenvalue weighted by Gasteiger charge is -2.29. The standard InChI is InChI=1S/C31H29F3N4O4/c32-31(33,34)23-7-4-20(5-8-23)19-42-29-3-1-2-25(36-29)21-10-13-37(14-11-21)18-28-35-26-9-6-22(30(39)40)16-27(26)38(28)17-24-12-15-41-24/h1-10,16,24H,11-15,17-19H2,(H,39,40)/t24-/m0/s1. The van der Waals surface area contributed by atoms with E-state index in [0.29, 0.717) is 31.1 Å². The van der Waals surface area contributed by atoms with E-state index < -0.39 is 17.7 Å². The molecule has 11 heteroatoms. The van der Waals surface area contributed by atoms with E-state index in [1.165, 1.54) is 12.1 Å². The van der Waals surface area contributed by atoms with Gasteiger partial charge < -0.3 is 19.1 Å². The number of aromatic carboxylic acids is 1. The predicted molar refractivity (Wildman–Crippen MR) is 149 cm³/mol. The van der Waals surface area contributed by atoms with E-state index >= 15 is 0 Å². The Hall–Kier alpha value is -4.22. The van der Waals surface area contributed by atoms with Gasteiger partial charge in [0.15, 0.2) is 0 Å². The van der Waals surface area contributed by atoms with Gasteiger partial charge in [0.25, 0.3) is 0 Å². The molecule has 1 N–H and O–H groups in total. The first-order chi connectivity index (χ1) is 20.2. The lowest BCUT2D eigenvalue weighted by Crippen LogP contribution is -2.33. The number of imidazole rings is 1. The molecule has 8 nitrogen and oxygen atoms in total. The maximum atomic E-state index is 12.8. The third-order valence-electron chi connectivity index (χ3n) is 7.63. The number of hydrogen-bond acceptors (Lipinski definition) is 6. The van der Waals surface area contributed by atoms with Gasteiger partial charge >= 0.3 is 12.1 Å². The molecule has 2 aromatic heterocycles. The molecule has 0 aliphatic carbocycles. The van der Waals surface area contributed by atoms with Crippen molar-refractivity contribution in [3.8, 4) is 5.88 Å². The van der Waals surface area contributed by atoms with Gasteiger partial charge in [-0.25, -0.2) is 14.8 Å². The number of ether oxygens (including phenoxy) is 2. The third kappa shape index (κ3) is 6.17. The number of aromatic nitrogens is 3. The zero-order chi connectivity index (χ0) is 29.3. The first kappa shape index (κ1) is 27.9. The number of carboxylic acid groups (broad SMARTS) is 1. The summed E-state index contributed by atoms with van der Waals surface area (Å²) in [5.74, 6) is 0.308. The summed E-state index contributed by atoms with van der Waals surface area (Å²) in [6.07, 6.45) is -0.402. The number of rotatable bonds is 9. The fraction of sp³-hybridized carbons (Fsp3) is 0.323. The van der Waals surface area contributed by atoms with Gasteiger partial charge in [-0.2, -0.15) is 13.2 Å². The summed E-state index contributed by atoms with van der Waals surface area (Å²) in [5, 5.41) is 9.48. The van der Waals surface area contributed by atoms with Crippen LogP contribution >= 0.6 is 0 Å². The molecule has 0 radical (unpaired) electrons. The molecular formula is C31H29F3N4O4. The molecule has 0 bridgehead atoms. The van der Waals surface area contributed by atoms with Gasteiger partial charge in [0.1, 0.15) is 12.4 Å². The van der Waals surface area contributed by atoms with E-state index in [4.69, 9.17) is 14.5 Å². The minimum absolute atomic E-state index is 0.0994. The van der Waals surface area contributed by atoms with Crippen LogP contribution in [0.4, 0.5) is 13.2 Å². The Kier molecular flexibility index (Phi) is 7.70. The summed E-state index contributed by atoms with van der Waals surface area (Å²) in [4.78, 5) is 23.3. The average Bonchev–Trinajstić information content (AvgIpc) is 3.30. The number of pyridine rings is 1. The van der Waals surface area contributed by atoms with Gasteiger partial charge in [-0.05, 0) is 60.4 Å². The van der Waals surface area contributed by atoms with E-state index in [1.54, 1.807) is 24.3 Å². The Labute approximate surface area is 240 Å². The topological polar surface area (TPSA) is 89.7 Å². The SMILES string of the molecule is O=C(O)c1ccc2nc(CN3CC=C(c4cccc(OCc5ccc(C(F)(F)F)cc5)n4)CC3)n(C[C@@H]3CCO3)c2c1. The van der Waals surface area contributed by atoms with Crippen molar-refractivity contribution in [3.05, 3.63) is 94.9 Å². The van der Waals surface area contributed by atoms with Crippen LogP contribution in [0.25, 0.3) is 16.6 Å². The first-order valence-corrected chi connectivity index (χ1v) is 13.7. The van der Waals surface area contributed by atoms with Crippen LogP contribution in [0.5, 0.6) is 5.88 Å². The second-order valence-electron chi connectivity index (χ2n) is 10.5. The van der Waals surface area contributed by atoms with Crippen molar-refractivity contribution < 1.29 is 32.5 Å². The van der Waals surface area contributed by atoms with Crippen molar-refractivity contribution in [2.75, 3.05) is 19.7 Å². The van der Waals surface area contributed by atoms with Crippen LogP contribution in [-0.4, -0.2) is 56.3 Å². The molecule has 2 aliphatic rings. The number of fused-ring (bicyclic) bond motifs is 1. The van der Waals surface area contributed by atoms with Gasteiger partial charge in [-0.15, -0.1) is 0 Å². The summed E-state index contributed by atoms with van der Waals surface area (Å²) in [7, 11) is 0. The molecule has 2 aromatic carbocycles. The number of carbonyl (C=O) groups is 1. The molecule has 42 heavy (non-hydrogen) atoms. The molecule has 2 aliphatic heterocycles. The predicted octanol–water partition coefficient (Wildman–Crippen LogP) is 5.81. The molecule has 0 spiro atoms. The second kappa shape index (κ2) is 11.6. The fourth-order valence-electron chi connectivity index (χ4n) is 5.17. The molecule has 218 valence electrons. The molecule has 4 aromatic rings. The molecule has 6 rings (SSSR count). The van der Waals surface area contributed by atoms with Crippen LogP contribution in [-0.2, 0) is 30.6 Å². The lowest BCUT2D eigenvalue weighted by atomic mass is 10.0. The van der Waals surface area contributed by atoms with Gasteiger partial charge in [-0.1, -0.05) is 24.3 Å². The largest absolute Gasteiger partial charge is 0.478 e. The van der Waals surface area contributed by atoms with E-state index in [2.05, 4.69) is 20.5 Å². The van der Waals surface area contributed by atoms with Gasteiger partial charge in [0.05, 0.1) is 47.0 Å². The van der Waals surface area contributed by atoms with E-state index in [0.717, 1.165) is 66.3 Å². The van der Waals surface area contributed by atoms with Crippen LogP contribution < -0.4 is 4.74 Å². The molecular weight excluding hydrogens is 549 g/mol. The molecule has 0 amide bonds. The summed E-state index contributed by atoms with van der Waals surface area (Å²) in [5.41, 5.74) is 3.61. The summed E-state index contributed by atoms with van der Waals surface area (Å²) in [6, 6.07) is 15.4. The van der Waals surface area contributed by atoms with Crippen LogP contribution in [0, 0.1) is 0 Å². The summed E-state index contributed by atoms with van der Waals surface area (Å²) in [6.45, 7) is 3.57. The average molecular weight is 579 g/mol. The molecule has 1 fully saturated rings. The van der Waals surface area contributed by atoms with Gasteiger partial charge in [0.2, 0.25) is 5.88 Å². The van der Waals surface area contributed by atoms with Crippen molar-refractivity contribution in [1.82, 2.24) is 19.4 Å². The third-order valence-corrected chi connectivity index (χ3v) is 7.63. The highest BCUT2D eigenvalue weighted by Crippen LogP contribution is 2.30. The van der Waals surface area contributed by atoms with Crippen molar-refractivity contribution in [2.24, 2.45) is 0 Å². The number of hydrogen-bond donors (Lipinski definition) is 1. The van der Waals surface area contributed by atoms with Gasteiger partial charge in [0, 0.05) is 25.8 Å². The Balaban J connectivity index is 1.12. The Bertz CT molecular complexity index is 1630. The van der Waals surface area contributed by atoms with Crippen molar-refractivity contribution in [1.29, 1.82) is 0 Å². The van der Waals surface area contributed by atoms with Crippen molar-refractivity contribution in [2.45, 2.75) is 44.8 Å². The minimum Gasteiger partial charge on any atom is -0.478 e. The molecule has 1 saturated heterocycles. The van der Waals surface area contributed by atoms with Crippen LogP contribution in [0.15, 0.2) is 66.7 Å². The zero-order valence-corrected chi connectivity index (χ0v) is 22.7. The molecule has 0 saturated carbocycles. The van der Waals surface area contributed by atoms with Crippen molar-refractivity contribution in [3.63, 3.8) is 0 Å². The molecule has 4 heterocycles. The monoisotopic (exact) mass is 578 g/mol. The van der Waals surface area contributed by atoms with E-state index in [-0.39, 0.29) is 18.3 Å². The first-order valence-electron chi connectivity index (χ1n) is 13.7. The van der Waals surface area contributed by atoms with Gasteiger partial charge in [-0.3, -0.25) is 4.90 Å². The van der Waals surface area contributed by atoms with E-state index in [1.807, 2.05) is 12.1 Å². The number of nitrogens with zero attached hydrogens (tertiary/aromatic N) is 4. The Morgan fingerprint density at radius 2 is 1.90 bits per heavy atom. The number of alkyl halides is 3. The number of halogens is 3. The summed E-state index contributed by atoms with van der Waals surface area (Å²) >= 11 is 0. The van der Waals surface area contributed by atoms with Crippen molar-refractivity contribution >= 4 is 22.6 Å². The quantitative estimate of drug-likeness (QED) is 0.268. The highest BCUT2D eigenvalue weighted by molar-refractivity contribution is 5.92. The highest BCUT2D eigenvalue weighted by atomic mass is 19.4. The normalized spacial score (nSPS) is 17.6. The Morgan fingerprint density at radius 3 is 2.57 bits per heavy atom. The fourth-order valence-corrected chi connectivity index (χ4v) is 5.17. The van der Waals surface area contributed by atoms with Crippen LogP contribution in [0.3, 0.4) is 0 Å². The molecule has 1 atom stereocenters. The minimum atomic E-state index is -4.37. The van der Waals surface area contributed by atoms with Crippen LogP contribution in [0.2, 0.25) is 0 Å². The number of carboxylic acids is 1. The number of benzene rings is 2. The second-order valence-corrected chi connectivity index (χ2v) is 10.5. The Morgan fingerprint density at radius 1 is 1.10 bits per heavy atom. The zero-order valence-electron chi connectivity index (χ0n) is 22.7. The highest BCUT2D eigenvalue weighted by Gasteiger charge is 2.30. The molecule has 0 unspecified atom stereocenters.